The number of rotatable bonds is 7. The zero-order chi connectivity index (χ0) is 25.0. The average molecular weight is 473 g/mol. The Morgan fingerprint density at radius 2 is 1.82 bits per heavy atom. The summed E-state index contributed by atoms with van der Waals surface area (Å²) in [5.41, 5.74) is -0.247. The van der Waals surface area contributed by atoms with E-state index in [9.17, 15) is 28.1 Å². The van der Waals surface area contributed by atoms with Gasteiger partial charge >= 0.3 is 6.18 Å². The van der Waals surface area contributed by atoms with Crippen LogP contribution < -0.4 is 15.5 Å². The molecular weight excluding hydrogens is 451 g/mol. The highest BCUT2D eigenvalue weighted by Crippen LogP contribution is 2.35. The van der Waals surface area contributed by atoms with Crippen molar-refractivity contribution in [2.45, 2.75) is 19.1 Å². The van der Waals surface area contributed by atoms with E-state index in [1.165, 1.54) is 18.2 Å². The molecular formula is C23H22F3N5O3. The van der Waals surface area contributed by atoms with Crippen LogP contribution in [-0.4, -0.2) is 29.9 Å². The minimum atomic E-state index is -4.60. The molecule has 0 spiro atoms. The summed E-state index contributed by atoms with van der Waals surface area (Å²) in [6.45, 7) is 1.78. The van der Waals surface area contributed by atoms with Crippen molar-refractivity contribution >= 4 is 28.7 Å². The monoisotopic (exact) mass is 473 g/mol. The van der Waals surface area contributed by atoms with Gasteiger partial charge in [0.2, 0.25) is 0 Å². The Labute approximate surface area is 193 Å². The van der Waals surface area contributed by atoms with Gasteiger partial charge in [-0.1, -0.05) is 6.07 Å². The number of halogens is 3. The Bertz CT molecular complexity index is 1200. The summed E-state index contributed by atoms with van der Waals surface area (Å²) >= 11 is 0. The summed E-state index contributed by atoms with van der Waals surface area (Å²) in [6, 6.07) is 11.7. The van der Waals surface area contributed by atoms with Crippen molar-refractivity contribution in [1.82, 2.24) is 4.98 Å². The first-order valence-electron chi connectivity index (χ1n) is 10.1. The van der Waals surface area contributed by atoms with Crippen LogP contribution in [0.4, 0.5) is 35.9 Å². The predicted octanol–water partition coefficient (Wildman–Crippen LogP) is 5.50. The highest BCUT2D eigenvalue weighted by atomic mass is 19.4. The second kappa shape index (κ2) is 9.77. The molecule has 2 N–H and O–H groups in total. The van der Waals surface area contributed by atoms with E-state index in [1.807, 2.05) is 0 Å². The van der Waals surface area contributed by atoms with Gasteiger partial charge in [0.15, 0.2) is 0 Å². The highest BCUT2D eigenvalue weighted by molar-refractivity contribution is 6.06. The number of carbonyl (C=O) groups excluding carboxylic acids is 1. The van der Waals surface area contributed by atoms with Gasteiger partial charge < -0.3 is 15.5 Å². The van der Waals surface area contributed by atoms with Crippen LogP contribution in [0.15, 0.2) is 60.8 Å². The Morgan fingerprint density at radius 1 is 1.09 bits per heavy atom. The van der Waals surface area contributed by atoms with Gasteiger partial charge in [-0.05, 0) is 49.4 Å². The average Bonchev–Trinajstić information content (AvgIpc) is 2.78. The summed E-state index contributed by atoms with van der Waals surface area (Å²) in [7, 11) is 3.23. The van der Waals surface area contributed by atoms with Gasteiger partial charge in [-0.3, -0.25) is 19.9 Å². The molecule has 0 aliphatic rings. The molecule has 1 atom stereocenters. The third-order valence-corrected chi connectivity index (χ3v) is 5.01. The van der Waals surface area contributed by atoms with Crippen LogP contribution >= 0.6 is 0 Å². The van der Waals surface area contributed by atoms with E-state index < -0.39 is 22.6 Å². The van der Waals surface area contributed by atoms with E-state index in [1.54, 1.807) is 50.3 Å². The lowest BCUT2D eigenvalue weighted by Crippen LogP contribution is -2.18. The molecule has 0 saturated heterocycles. The smallest absolute Gasteiger partial charge is 0.376 e. The number of amides is 1. The lowest BCUT2D eigenvalue weighted by atomic mass is 10.1. The molecule has 34 heavy (non-hydrogen) atoms. The second-order valence-corrected chi connectivity index (χ2v) is 7.69. The number of alkyl halides is 3. The summed E-state index contributed by atoms with van der Waals surface area (Å²) in [5.74, 6) is -0.783. The van der Waals surface area contributed by atoms with Crippen LogP contribution in [0.2, 0.25) is 0 Å². The number of hydrogen-bond donors (Lipinski definition) is 2. The standard InChI is InChI=1S/C23H22F3N5O3/c1-14(17-6-4-5-11-27-17)28-18-9-7-15(12-21(18)31(33)34)22(32)29-19-13-16(23(24,25)26)8-10-20(19)30(2)3/h4-14,28H,1-3H3,(H,29,32). The van der Waals surface area contributed by atoms with Crippen LogP contribution in [0.25, 0.3) is 0 Å². The third kappa shape index (κ3) is 5.61. The first-order valence-corrected chi connectivity index (χ1v) is 10.1. The molecule has 0 aliphatic carbocycles. The number of nitrogens with one attached hydrogen (secondary N) is 2. The van der Waals surface area contributed by atoms with Crippen LogP contribution in [0, 0.1) is 10.1 Å². The van der Waals surface area contributed by atoms with Crippen molar-refractivity contribution in [2.24, 2.45) is 0 Å². The lowest BCUT2D eigenvalue weighted by molar-refractivity contribution is -0.384. The lowest BCUT2D eigenvalue weighted by Gasteiger charge is -2.20. The number of nitro benzene ring substituents is 1. The summed E-state index contributed by atoms with van der Waals surface area (Å²) in [5, 5.41) is 17.1. The van der Waals surface area contributed by atoms with Gasteiger partial charge in [0, 0.05) is 31.9 Å². The van der Waals surface area contributed by atoms with Gasteiger partial charge in [0.1, 0.15) is 5.69 Å². The minimum Gasteiger partial charge on any atom is -0.376 e. The number of benzene rings is 2. The van der Waals surface area contributed by atoms with Crippen molar-refractivity contribution in [2.75, 3.05) is 29.6 Å². The first-order chi connectivity index (χ1) is 16.0. The summed E-state index contributed by atoms with van der Waals surface area (Å²) in [4.78, 5) is 29.6. The molecule has 0 saturated carbocycles. The van der Waals surface area contributed by atoms with Crippen LogP contribution in [0.5, 0.6) is 0 Å². The fourth-order valence-electron chi connectivity index (χ4n) is 3.28. The Hall–Kier alpha value is -4.15. The number of hydrogen-bond acceptors (Lipinski definition) is 6. The maximum Gasteiger partial charge on any atom is 0.416 e. The second-order valence-electron chi connectivity index (χ2n) is 7.69. The quantitative estimate of drug-likeness (QED) is 0.347. The maximum atomic E-state index is 13.2. The van der Waals surface area contributed by atoms with Crippen molar-refractivity contribution in [3.63, 3.8) is 0 Å². The molecule has 2 aromatic carbocycles. The van der Waals surface area contributed by atoms with E-state index in [0.717, 1.165) is 18.2 Å². The van der Waals surface area contributed by atoms with E-state index >= 15 is 0 Å². The fraction of sp³-hybridized carbons (Fsp3) is 0.217. The maximum absolute atomic E-state index is 13.2. The van der Waals surface area contributed by atoms with Crippen molar-refractivity contribution in [3.05, 3.63) is 87.7 Å². The van der Waals surface area contributed by atoms with Gasteiger partial charge in [-0.25, -0.2) is 0 Å². The molecule has 1 heterocycles. The number of carbonyl (C=O) groups is 1. The van der Waals surface area contributed by atoms with Crippen molar-refractivity contribution in [1.29, 1.82) is 0 Å². The molecule has 0 bridgehead atoms. The van der Waals surface area contributed by atoms with E-state index in [-0.39, 0.29) is 28.7 Å². The molecule has 11 heteroatoms. The molecule has 0 aliphatic heterocycles. The van der Waals surface area contributed by atoms with Crippen molar-refractivity contribution < 1.29 is 22.9 Å². The molecule has 3 rings (SSSR count). The molecule has 1 aromatic heterocycles. The van der Waals surface area contributed by atoms with Crippen LogP contribution in [0.3, 0.4) is 0 Å². The zero-order valence-electron chi connectivity index (χ0n) is 18.6. The van der Waals surface area contributed by atoms with E-state index in [4.69, 9.17) is 0 Å². The number of anilines is 3. The largest absolute Gasteiger partial charge is 0.416 e. The number of nitro groups is 1. The van der Waals surface area contributed by atoms with E-state index in [2.05, 4.69) is 15.6 Å². The van der Waals surface area contributed by atoms with Crippen LogP contribution in [-0.2, 0) is 6.18 Å². The Kier molecular flexibility index (Phi) is 7.04. The minimum absolute atomic E-state index is 0.0709. The molecule has 8 nitrogen and oxygen atoms in total. The first kappa shape index (κ1) is 24.5. The molecule has 0 radical (unpaired) electrons. The fourth-order valence-corrected chi connectivity index (χ4v) is 3.28. The van der Waals surface area contributed by atoms with Crippen LogP contribution in [0.1, 0.15) is 34.6 Å². The summed E-state index contributed by atoms with van der Waals surface area (Å²) in [6.07, 6.45) is -2.99. The van der Waals surface area contributed by atoms with E-state index in [0.29, 0.717) is 11.4 Å². The third-order valence-electron chi connectivity index (χ3n) is 5.01. The van der Waals surface area contributed by atoms with Crippen molar-refractivity contribution in [3.8, 4) is 0 Å². The van der Waals surface area contributed by atoms with Gasteiger partial charge in [-0.2, -0.15) is 13.2 Å². The van der Waals surface area contributed by atoms with Gasteiger partial charge in [-0.15, -0.1) is 0 Å². The number of pyridine rings is 1. The molecule has 178 valence electrons. The predicted molar refractivity (Wildman–Crippen MR) is 123 cm³/mol. The van der Waals surface area contributed by atoms with Gasteiger partial charge in [0.05, 0.1) is 33.6 Å². The molecule has 0 fully saturated rings. The number of aromatic nitrogens is 1. The highest BCUT2D eigenvalue weighted by Gasteiger charge is 2.31. The SMILES string of the molecule is CC(Nc1ccc(C(=O)Nc2cc(C(F)(F)F)ccc2N(C)C)cc1[N+](=O)[O-])c1ccccn1. The zero-order valence-corrected chi connectivity index (χ0v) is 18.6. The molecule has 3 aromatic rings. The molecule has 1 unspecified atom stereocenters. The topological polar surface area (TPSA) is 100 Å². The van der Waals surface area contributed by atoms with Gasteiger partial charge in [0.25, 0.3) is 11.6 Å². The normalized spacial score (nSPS) is 12.1. The summed E-state index contributed by atoms with van der Waals surface area (Å²) < 4.78 is 39.5. The number of nitrogens with zero attached hydrogens (tertiary/aromatic N) is 3. The Balaban J connectivity index is 1.90. The molecule has 1 amide bonds. The Morgan fingerprint density at radius 3 is 2.41 bits per heavy atom.